The van der Waals surface area contributed by atoms with Crippen molar-refractivity contribution in [3.63, 3.8) is 0 Å². The molecule has 6 heteroatoms. The van der Waals surface area contributed by atoms with Gasteiger partial charge in [0, 0.05) is 19.5 Å². The molecule has 0 spiro atoms. The first-order chi connectivity index (χ1) is 9.28. The second kappa shape index (κ2) is 7.15. The number of nitrogens with zero attached hydrogens (tertiary/aromatic N) is 1. The van der Waals surface area contributed by atoms with Gasteiger partial charge in [0.2, 0.25) is 10.0 Å². The van der Waals surface area contributed by atoms with E-state index in [9.17, 15) is 8.42 Å². The van der Waals surface area contributed by atoms with Crippen molar-refractivity contribution in [2.45, 2.75) is 44.0 Å². The maximum absolute atomic E-state index is 12.5. The highest BCUT2D eigenvalue weighted by molar-refractivity contribution is 7.89. The molecule has 0 heterocycles. The minimum Gasteiger partial charge on any atom is -0.393 e. The van der Waals surface area contributed by atoms with Crippen molar-refractivity contribution in [1.29, 1.82) is 0 Å². The summed E-state index contributed by atoms with van der Waals surface area (Å²) < 4.78 is 26.3. The van der Waals surface area contributed by atoms with Crippen molar-refractivity contribution in [2.24, 2.45) is 5.73 Å². The van der Waals surface area contributed by atoms with Crippen molar-refractivity contribution < 1.29 is 8.42 Å². The van der Waals surface area contributed by atoms with E-state index in [1.165, 1.54) is 4.31 Å². The largest absolute Gasteiger partial charge is 0.393 e. The van der Waals surface area contributed by atoms with E-state index in [4.69, 9.17) is 18.0 Å². The average molecular weight is 314 g/mol. The Morgan fingerprint density at radius 1 is 1.35 bits per heavy atom. The number of thiocarbonyl (C=S) groups is 1. The number of hydrogen-bond acceptors (Lipinski definition) is 3. The Morgan fingerprint density at radius 3 is 2.35 bits per heavy atom. The molecule has 0 saturated heterocycles. The molecule has 0 aliphatic carbocycles. The van der Waals surface area contributed by atoms with Crippen LogP contribution >= 0.6 is 12.2 Å². The molecule has 2 N–H and O–H groups in total. The molecular formula is C14H22N2O2S2. The Morgan fingerprint density at radius 2 is 1.90 bits per heavy atom. The molecule has 20 heavy (non-hydrogen) atoms. The zero-order valence-corrected chi connectivity index (χ0v) is 13.8. The summed E-state index contributed by atoms with van der Waals surface area (Å²) in [4.78, 5) is 0.698. The van der Waals surface area contributed by atoms with E-state index in [1.807, 2.05) is 13.8 Å². The molecule has 0 radical (unpaired) electrons. The van der Waals surface area contributed by atoms with Gasteiger partial charge in [-0.15, -0.1) is 0 Å². The fourth-order valence-electron chi connectivity index (χ4n) is 1.98. The Bertz CT molecular complexity index is 553. The molecule has 0 aliphatic heterocycles. The Labute approximate surface area is 127 Å². The summed E-state index contributed by atoms with van der Waals surface area (Å²) in [7, 11) is -1.81. The topological polar surface area (TPSA) is 63.4 Å². The fourth-order valence-corrected chi connectivity index (χ4v) is 3.54. The number of sulfonamides is 1. The van der Waals surface area contributed by atoms with Crippen LogP contribution in [0.1, 0.15) is 32.3 Å². The zero-order valence-electron chi connectivity index (χ0n) is 12.2. The third kappa shape index (κ3) is 4.26. The quantitative estimate of drug-likeness (QED) is 0.785. The van der Waals surface area contributed by atoms with E-state index in [0.717, 1.165) is 18.4 Å². The summed E-state index contributed by atoms with van der Waals surface area (Å²) in [6.07, 6.45) is 2.28. The van der Waals surface area contributed by atoms with Crippen LogP contribution in [0.2, 0.25) is 0 Å². The summed E-state index contributed by atoms with van der Waals surface area (Å²) >= 11 is 4.84. The minimum atomic E-state index is -3.44. The lowest BCUT2D eigenvalue weighted by Gasteiger charge is -2.24. The van der Waals surface area contributed by atoms with Crippen LogP contribution in [0.5, 0.6) is 0 Å². The lowest BCUT2D eigenvalue weighted by molar-refractivity contribution is 0.369. The molecule has 1 atom stereocenters. The molecule has 0 amide bonds. The number of nitrogens with two attached hydrogens (primary N) is 1. The summed E-state index contributed by atoms with van der Waals surface area (Å²) in [5.41, 5.74) is 6.39. The second-order valence-electron chi connectivity index (χ2n) is 4.95. The predicted octanol–water partition coefficient (Wildman–Crippen LogP) is 2.32. The van der Waals surface area contributed by atoms with Gasteiger partial charge in [0.25, 0.3) is 0 Å². The lowest BCUT2D eigenvalue weighted by Crippen LogP contribution is -2.34. The van der Waals surface area contributed by atoms with Crippen molar-refractivity contribution in [1.82, 2.24) is 4.31 Å². The highest BCUT2D eigenvalue weighted by atomic mass is 32.2. The van der Waals surface area contributed by atoms with E-state index < -0.39 is 10.0 Å². The van der Waals surface area contributed by atoms with Crippen molar-refractivity contribution in [2.75, 3.05) is 7.05 Å². The van der Waals surface area contributed by atoms with Crippen LogP contribution in [0, 0.1) is 0 Å². The third-order valence-corrected chi connectivity index (χ3v) is 5.44. The first-order valence-corrected chi connectivity index (χ1v) is 8.49. The van der Waals surface area contributed by atoms with Crippen LogP contribution in [0.3, 0.4) is 0 Å². The predicted molar refractivity (Wildman–Crippen MR) is 86.3 cm³/mol. The first kappa shape index (κ1) is 17.1. The van der Waals surface area contributed by atoms with Gasteiger partial charge in [-0.3, -0.25) is 0 Å². The molecule has 0 bridgehead atoms. The van der Waals surface area contributed by atoms with Gasteiger partial charge < -0.3 is 5.73 Å². The van der Waals surface area contributed by atoms with Gasteiger partial charge in [-0.1, -0.05) is 37.7 Å². The molecular weight excluding hydrogens is 292 g/mol. The van der Waals surface area contributed by atoms with Gasteiger partial charge in [0.1, 0.15) is 0 Å². The molecule has 0 aliphatic rings. The van der Waals surface area contributed by atoms with Gasteiger partial charge in [-0.05, 0) is 31.0 Å². The molecule has 1 aromatic carbocycles. The summed E-state index contributed by atoms with van der Waals surface area (Å²) in [6, 6.07) is 6.71. The van der Waals surface area contributed by atoms with E-state index in [2.05, 4.69) is 0 Å². The van der Waals surface area contributed by atoms with Gasteiger partial charge in [0.05, 0.1) is 9.88 Å². The SMILES string of the molecule is CCCC(C)N(C)S(=O)(=O)c1ccc(CC(N)=S)cc1. The summed E-state index contributed by atoms with van der Waals surface area (Å²) in [5.74, 6) is 0. The second-order valence-corrected chi connectivity index (χ2v) is 7.47. The van der Waals surface area contributed by atoms with Crippen LogP contribution in [0.25, 0.3) is 0 Å². The number of rotatable bonds is 7. The maximum atomic E-state index is 12.5. The van der Waals surface area contributed by atoms with E-state index in [1.54, 1.807) is 31.3 Å². The normalized spacial score (nSPS) is 13.4. The Hall–Kier alpha value is -0.980. The maximum Gasteiger partial charge on any atom is 0.243 e. The molecule has 1 rings (SSSR count). The van der Waals surface area contributed by atoms with Crippen LogP contribution < -0.4 is 5.73 Å². The zero-order chi connectivity index (χ0) is 15.3. The monoisotopic (exact) mass is 314 g/mol. The van der Waals surface area contributed by atoms with Crippen LogP contribution in [-0.4, -0.2) is 30.8 Å². The number of benzene rings is 1. The van der Waals surface area contributed by atoms with Crippen LogP contribution in [0.15, 0.2) is 29.2 Å². The van der Waals surface area contributed by atoms with Crippen LogP contribution in [0.4, 0.5) is 0 Å². The Kier molecular flexibility index (Phi) is 6.10. The minimum absolute atomic E-state index is 0.0127. The van der Waals surface area contributed by atoms with Gasteiger partial charge in [-0.2, -0.15) is 4.31 Å². The molecule has 4 nitrogen and oxygen atoms in total. The highest BCUT2D eigenvalue weighted by Crippen LogP contribution is 2.19. The highest BCUT2D eigenvalue weighted by Gasteiger charge is 2.24. The summed E-state index contributed by atoms with van der Waals surface area (Å²) in [6.45, 7) is 3.96. The summed E-state index contributed by atoms with van der Waals surface area (Å²) in [5, 5.41) is 0. The molecule has 0 saturated carbocycles. The fraction of sp³-hybridized carbons (Fsp3) is 0.500. The molecule has 112 valence electrons. The first-order valence-electron chi connectivity index (χ1n) is 6.64. The lowest BCUT2D eigenvalue weighted by atomic mass is 10.1. The molecule has 0 aromatic heterocycles. The average Bonchev–Trinajstić information content (AvgIpc) is 2.38. The number of hydrogen-bond donors (Lipinski definition) is 1. The van der Waals surface area contributed by atoms with E-state index in [0.29, 0.717) is 16.3 Å². The third-order valence-electron chi connectivity index (χ3n) is 3.31. The van der Waals surface area contributed by atoms with Gasteiger partial charge in [-0.25, -0.2) is 8.42 Å². The molecule has 1 aromatic rings. The van der Waals surface area contributed by atoms with Crippen molar-refractivity contribution in [3.8, 4) is 0 Å². The van der Waals surface area contributed by atoms with Gasteiger partial charge >= 0.3 is 0 Å². The Balaban J connectivity index is 2.95. The standard InChI is InChI=1S/C14H22N2O2S2/c1-4-5-11(2)16(3)20(17,18)13-8-6-12(7-9-13)10-14(15)19/h6-9,11H,4-5,10H2,1-3H3,(H2,15,19). The van der Waals surface area contributed by atoms with Gasteiger partial charge in [0.15, 0.2) is 0 Å². The molecule has 1 unspecified atom stereocenters. The van der Waals surface area contributed by atoms with E-state index in [-0.39, 0.29) is 6.04 Å². The van der Waals surface area contributed by atoms with Crippen LogP contribution in [-0.2, 0) is 16.4 Å². The molecule has 0 fully saturated rings. The van der Waals surface area contributed by atoms with Crippen molar-refractivity contribution in [3.05, 3.63) is 29.8 Å². The smallest absolute Gasteiger partial charge is 0.243 e. The van der Waals surface area contributed by atoms with E-state index >= 15 is 0 Å². The van der Waals surface area contributed by atoms with Crippen molar-refractivity contribution >= 4 is 27.2 Å².